The molecular formula is C18H20N4O4. The molecule has 0 unspecified atom stereocenters. The zero-order valence-corrected chi connectivity index (χ0v) is 14.5. The smallest absolute Gasteiger partial charge is 0.409 e. The number of benzene rings is 1. The van der Waals surface area contributed by atoms with Crippen LogP contribution in [0.4, 0.5) is 10.7 Å². The Morgan fingerprint density at radius 2 is 2.00 bits per heavy atom. The first kappa shape index (κ1) is 16.4. The van der Waals surface area contributed by atoms with Crippen LogP contribution in [0.3, 0.4) is 0 Å². The van der Waals surface area contributed by atoms with Crippen LogP contribution in [0, 0.1) is 0 Å². The van der Waals surface area contributed by atoms with E-state index in [1.807, 2.05) is 29.2 Å². The zero-order chi connectivity index (χ0) is 18.1. The maximum atomic E-state index is 12.6. The average molecular weight is 356 g/mol. The Labute approximate surface area is 150 Å². The molecule has 2 aliphatic rings. The Kier molecular flexibility index (Phi) is 4.24. The summed E-state index contributed by atoms with van der Waals surface area (Å²) in [5.41, 5.74) is 2.15. The molecule has 0 atom stereocenters. The Morgan fingerprint density at radius 1 is 1.23 bits per heavy atom. The van der Waals surface area contributed by atoms with Crippen LogP contribution in [0.25, 0.3) is 0 Å². The molecule has 1 aromatic heterocycles. The Bertz CT molecular complexity index is 887. The molecule has 8 heteroatoms. The number of anilines is 1. The Hall–Kier alpha value is -3.03. The molecule has 4 rings (SSSR count). The van der Waals surface area contributed by atoms with E-state index >= 15 is 0 Å². The van der Waals surface area contributed by atoms with Gasteiger partial charge in [-0.1, -0.05) is 18.2 Å². The number of piperazine rings is 1. The molecule has 2 aromatic rings. The lowest BCUT2D eigenvalue weighted by Gasteiger charge is -2.34. The van der Waals surface area contributed by atoms with Gasteiger partial charge in [0.05, 0.1) is 12.8 Å². The molecule has 0 radical (unpaired) electrons. The van der Waals surface area contributed by atoms with Crippen molar-refractivity contribution in [3.8, 4) is 5.75 Å². The topological polar surface area (TPSA) is 87.8 Å². The van der Waals surface area contributed by atoms with Crippen LogP contribution in [0.1, 0.15) is 16.8 Å². The first-order chi connectivity index (χ1) is 12.7. The third-order valence-corrected chi connectivity index (χ3v) is 4.80. The quantitative estimate of drug-likeness (QED) is 0.824. The number of nitrogens with one attached hydrogen (secondary N) is 1. The van der Waals surface area contributed by atoms with Crippen molar-refractivity contribution < 1.29 is 14.3 Å². The van der Waals surface area contributed by atoms with Crippen LogP contribution in [-0.4, -0.2) is 54.2 Å². The van der Waals surface area contributed by atoms with Gasteiger partial charge >= 0.3 is 6.09 Å². The summed E-state index contributed by atoms with van der Waals surface area (Å²) in [5.74, 6) is 1.31. The van der Waals surface area contributed by atoms with Gasteiger partial charge in [0.25, 0.3) is 5.56 Å². The van der Waals surface area contributed by atoms with E-state index in [1.165, 1.54) is 7.11 Å². The van der Waals surface area contributed by atoms with Crippen molar-refractivity contribution in [2.24, 2.45) is 0 Å². The summed E-state index contributed by atoms with van der Waals surface area (Å²) in [6.45, 7) is 2.48. The van der Waals surface area contributed by atoms with Crippen molar-refractivity contribution in [2.45, 2.75) is 13.0 Å². The molecule has 0 saturated carbocycles. The minimum atomic E-state index is -0.334. The number of rotatable bonds is 1. The van der Waals surface area contributed by atoms with E-state index in [0.29, 0.717) is 49.8 Å². The Morgan fingerprint density at radius 3 is 2.77 bits per heavy atom. The minimum Gasteiger partial charge on any atom is -0.487 e. The van der Waals surface area contributed by atoms with E-state index < -0.39 is 0 Å². The molecule has 8 nitrogen and oxygen atoms in total. The van der Waals surface area contributed by atoms with Crippen LogP contribution in [-0.2, 0) is 17.8 Å². The second-order valence-corrected chi connectivity index (χ2v) is 6.33. The highest BCUT2D eigenvalue weighted by Crippen LogP contribution is 2.26. The van der Waals surface area contributed by atoms with E-state index in [9.17, 15) is 9.59 Å². The number of carbonyl (C=O) groups excluding carboxylic acids is 1. The Balaban J connectivity index is 1.57. The lowest BCUT2D eigenvalue weighted by Crippen LogP contribution is -2.49. The van der Waals surface area contributed by atoms with Crippen LogP contribution in [0.5, 0.6) is 5.75 Å². The predicted octanol–water partition coefficient (Wildman–Crippen LogP) is 1.14. The molecular weight excluding hydrogens is 336 g/mol. The largest absolute Gasteiger partial charge is 0.487 e. The normalized spacial score (nSPS) is 16.2. The number of hydrogen-bond acceptors (Lipinski definition) is 6. The average Bonchev–Trinajstić information content (AvgIpc) is 2.87. The van der Waals surface area contributed by atoms with E-state index in [1.54, 1.807) is 4.90 Å². The molecule has 136 valence electrons. The summed E-state index contributed by atoms with van der Waals surface area (Å²) in [6, 6.07) is 7.72. The van der Waals surface area contributed by atoms with Gasteiger partial charge in [0.15, 0.2) is 0 Å². The van der Waals surface area contributed by atoms with Gasteiger partial charge in [-0.3, -0.25) is 9.78 Å². The van der Waals surface area contributed by atoms with Gasteiger partial charge < -0.3 is 19.3 Å². The fourth-order valence-electron chi connectivity index (χ4n) is 3.34. The fourth-order valence-corrected chi connectivity index (χ4v) is 3.34. The molecule has 1 fully saturated rings. The van der Waals surface area contributed by atoms with Crippen LogP contribution in [0.2, 0.25) is 0 Å². The third kappa shape index (κ3) is 2.98. The molecule has 0 spiro atoms. The SMILES string of the molecule is COC(=O)N1CCN(c2nc3c(c(=O)[nH]2)Cc2ccccc2OC3)CC1. The van der Waals surface area contributed by atoms with Gasteiger partial charge in [0.2, 0.25) is 5.95 Å². The molecule has 26 heavy (non-hydrogen) atoms. The number of carbonyl (C=O) groups is 1. The van der Waals surface area contributed by atoms with E-state index in [4.69, 9.17) is 9.47 Å². The minimum absolute atomic E-state index is 0.138. The molecule has 1 N–H and O–H groups in total. The number of H-pyrrole nitrogens is 1. The lowest BCUT2D eigenvalue weighted by atomic mass is 10.1. The summed E-state index contributed by atoms with van der Waals surface area (Å²) in [7, 11) is 1.37. The van der Waals surface area contributed by atoms with Crippen molar-refractivity contribution in [2.75, 3.05) is 38.2 Å². The van der Waals surface area contributed by atoms with E-state index in [-0.39, 0.29) is 18.3 Å². The monoisotopic (exact) mass is 356 g/mol. The van der Waals surface area contributed by atoms with Gasteiger partial charge in [0.1, 0.15) is 12.4 Å². The zero-order valence-electron chi connectivity index (χ0n) is 14.5. The number of amides is 1. The van der Waals surface area contributed by atoms with Crippen LogP contribution >= 0.6 is 0 Å². The summed E-state index contributed by atoms with van der Waals surface area (Å²) in [4.78, 5) is 35.4. The van der Waals surface area contributed by atoms with Gasteiger partial charge in [-0.2, -0.15) is 0 Å². The predicted molar refractivity (Wildman–Crippen MR) is 94.6 cm³/mol. The fraction of sp³-hybridized carbons (Fsp3) is 0.389. The number of hydrogen-bond donors (Lipinski definition) is 1. The van der Waals surface area contributed by atoms with E-state index in [2.05, 4.69) is 9.97 Å². The number of methoxy groups -OCH3 is 1. The van der Waals surface area contributed by atoms with Crippen molar-refractivity contribution in [3.63, 3.8) is 0 Å². The molecule has 1 amide bonds. The highest BCUT2D eigenvalue weighted by Gasteiger charge is 2.25. The molecule has 1 saturated heterocycles. The number of aromatic nitrogens is 2. The van der Waals surface area contributed by atoms with Crippen LogP contribution in [0.15, 0.2) is 29.1 Å². The highest BCUT2D eigenvalue weighted by molar-refractivity contribution is 5.67. The first-order valence-electron chi connectivity index (χ1n) is 8.56. The van der Waals surface area contributed by atoms with Crippen LogP contribution < -0.4 is 15.2 Å². The molecule has 2 aliphatic heterocycles. The van der Waals surface area contributed by atoms with Crippen molar-refractivity contribution in [1.29, 1.82) is 0 Å². The number of aromatic amines is 1. The summed E-state index contributed by atoms with van der Waals surface area (Å²) in [5, 5.41) is 0. The number of nitrogens with zero attached hydrogens (tertiary/aromatic N) is 3. The lowest BCUT2D eigenvalue weighted by molar-refractivity contribution is 0.121. The summed E-state index contributed by atoms with van der Waals surface area (Å²) >= 11 is 0. The number of ether oxygens (including phenoxy) is 2. The standard InChI is InChI=1S/C18H20N4O4/c1-25-18(24)22-8-6-21(7-9-22)17-19-14-11-26-15-5-3-2-4-12(15)10-13(14)16(23)20-17/h2-5H,6-11H2,1H3,(H,19,20,23). The van der Waals surface area contributed by atoms with Gasteiger partial charge in [-0.05, 0) is 11.6 Å². The van der Waals surface area contributed by atoms with Crippen molar-refractivity contribution >= 4 is 12.0 Å². The molecule has 1 aromatic carbocycles. The number of para-hydroxylation sites is 1. The van der Waals surface area contributed by atoms with Gasteiger partial charge in [0, 0.05) is 38.2 Å². The maximum absolute atomic E-state index is 12.6. The summed E-state index contributed by atoms with van der Waals surface area (Å²) < 4.78 is 10.6. The maximum Gasteiger partial charge on any atom is 0.409 e. The molecule has 0 aliphatic carbocycles. The number of fused-ring (bicyclic) bond motifs is 2. The first-order valence-corrected chi connectivity index (χ1v) is 8.56. The van der Waals surface area contributed by atoms with Gasteiger partial charge in [-0.15, -0.1) is 0 Å². The third-order valence-electron chi connectivity index (χ3n) is 4.80. The molecule has 0 bridgehead atoms. The second kappa shape index (κ2) is 6.70. The second-order valence-electron chi connectivity index (χ2n) is 6.33. The van der Waals surface area contributed by atoms with E-state index in [0.717, 1.165) is 11.3 Å². The van der Waals surface area contributed by atoms with Crippen molar-refractivity contribution in [3.05, 3.63) is 51.4 Å². The summed E-state index contributed by atoms with van der Waals surface area (Å²) in [6.07, 6.45) is 0.170. The highest BCUT2D eigenvalue weighted by atomic mass is 16.5. The molecule has 3 heterocycles. The van der Waals surface area contributed by atoms with Gasteiger partial charge in [-0.25, -0.2) is 9.78 Å². The van der Waals surface area contributed by atoms with Crippen molar-refractivity contribution in [1.82, 2.24) is 14.9 Å².